The largest absolute Gasteiger partial charge is 0.508 e. The van der Waals surface area contributed by atoms with Crippen molar-refractivity contribution in [2.75, 3.05) is 11.9 Å². The van der Waals surface area contributed by atoms with Crippen LogP contribution in [0.5, 0.6) is 5.75 Å². The topological polar surface area (TPSA) is 119 Å². The molecule has 144 valence electrons. The second kappa shape index (κ2) is 8.26. The molecule has 3 rings (SSSR count). The maximum Gasteiger partial charge on any atom is 0.183 e. The zero-order valence-electron chi connectivity index (χ0n) is 16.0. The van der Waals surface area contributed by atoms with Crippen molar-refractivity contribution in [2.45, 2.75) is 27.2 Å². The van der Waals surface area contributed by atoms with Crippen molar-refractivity contribution >= 4 is 28.4 Å². The van der Waals surface area contributed by atoms with Gasteiger partial charge in [0, 0.05) is 24.5 Å². The first kappa shape index (κ1) is 19.6. The number of aromatic nitrogens is 3. The van der Waals surface area contributed by atoms with Crippen LogP contribution in [-0.4, -0.2) is 38.5 Å². The molecule has 0 amide bonds. The van der Waals surface area contributed by atoms with E-state index in [4.69, 9.17) is 10.8 Å². The standard InChI is InChI=1S/C20H22N6OS/c1-4-5-23-20-24-10-17(28-20)15-8-16(26-19(25-15)14(22)9-21)18-11(2)6-13(27)7-12(18)3/h6-10,21-22,27H,4-5H2,1-3H3,(H,23,24). The molecule has 0 aliphatic rings. The van der Waals surface area contributed by atoms with Crippen LogP contribution < -0.4 is 5.32 Å². The molecule has 0 saturated heterocycles. The van der Waals surface area contributed by atoms with Crippen molar-refractivity contribution in [3.05, 3.63) is 41.3 Å². The third-order valence-corrected chi connectivity index (χ3v) is 5.15. The van der Waals surface area contributed by atoms with E-state index in [9.17, 15) is 5.11 Å². The van der Waals surface area contributed by atoms with Crippen LogP contribution in [-0.2, 0) is 0 Å². The first-order valence-electron chi connectivity index (χ1n) is 8.92. The van der Waals surface area contributed by atoms with E-state index in [1.54, 1.807) is 18.3 Å². The molecule has 0 aliphatic heterocycles. The Kier molecular flexibility index (Phi) is 5.79. The van der Waals surface area contributed by atoms with Crippen LogP contribution in [0.15, 0.2) is 24.4 Å². The lowest BCUT2D eigenvalue weighted by Gasteiger charge is -2.12. The molecule has 0 fully saturated rings. The highest BCUT2D eigenvalue weighted by molar-refractivity contribution is 7.18. The van der Waals surface area contributed by atoms with Gasteiger partial charge in [-0.2, -0.15) is 0 Å². The Bertz CT molecular complexity index is 1020. The molecule has 0 radical (unpaired) electrons. The Labute approximate surface area is 167 Å². The Hall–Kier alpha value is -3.13. The monoisotopic (exact) mass is 394 g/mol. The van der Waals surface area contributed by atoms with Crippen molar-refractivity contribution in [3.63, 3.8) is 0 Å². The van der Waals surface area contributed by atoms with Crippen LogP contribution in [0.3, 0.4) is 0 Å². The predicted octanol–water partition coefficient (Wildman–Crippen LogP) is 4.43. The number of phenolic OH excluding ortho intramolecular Hbond substituents is 1. The fraction of sp³-hybridized carbons (Fsp3) is 0.250. The second-order valence-electron chi connectivity index (χ2n) is 6.43. The number of anilines is 1. The number of hydrogen-bond acceptors (Lipinski definition) is 8. The van der Waals surface area contributed by atoms with E-state index < -0.39 is 0 Å². The lowest BCUT2D eigenvalue weighted by molar-refractivity contribution is 0.474. The van der Waals surface area contributed by atoms with Gasteiger partial charge >= 0.3 is 0 Å². The minimum absolute atomic E-state index is 0.0639. The van der Waals surface area contributed by atoms with Gasteiger partial charge < -0.3 is 15.8 Å². The van der Waals surface area contributed by atoms with Crippen molar-refractivity contribution in [3.8, 4) is 27.6 Å². The summed E-state index contributed by atoms with van der Waals surface area (Å²) in [6.45, 7) is 6.75. The summed E-state index contributed by atoms with van der Waals surface area (Å²) < 4.78 is 0. The van der Waals surface area contributed by atoms with Gasteiger partial charge in [-0.05, 0) is 49.6 Å². The molecule has 28 heavy (non-hydrogen) atoms. The number of benzene rings is 1. The molecule has 0 spiro atoms. The van der Waals surface area contributed by atoms with E-state index in [0.29, 0.717) is 11.4 Å². The van der Waals surface area contributed by atoms with Gasteiger partial charge in [-0.3, -0.25) is 5.41 Å². The number of nitrogens with zero attached hydrogens (tertiary/aromatic N) is 3. The highest BCUT2D eigenvalue weighted by Gasteiger charge is 2.16. The van der Waals surface area contributed by atoms with Gasteiger partial charge in [-0.15, -0.1) is 0 Å². The number of aromatic hydroxyl groups is 1. The maximum absolute atomic E-state index is 9.84. The number of thiazole rings is 1. The fourth-order valence-corrected chi connectivity index (χ4v) is 3.74. The van der Waals surface area contributed by atoms with Gasteiger partial charge in [0.1, 0.15) is 11.5 Å². The van der Waals surface area contributed by atoms with Gasteiger partial charge in [-0.25, -0.2) is 15.0 Å². The summed E-state index contributed by atoms with van der Waals surface area (Å²) in [4.78, 5) is 14.2. The SMILES string of the molecule is CCCNc1ncc(-c2cc(-c3c(C)cc(O)cc3C)nc(C(=N)C=N)n2)s1. The van der Waals surface area contributed by atoms with Gasteiger partial charge in [-0.1, -0.05) is 18.3 Å². The Morgan fingerprint density at radius 1 is 1.18 bits per heavy atom. The average Bonchev–Trinajstić information content (AvgIpc) is 3.13. The predicted molar refractivity (Wildman–Crippen MR) is 114 cm³/mol. The molecule has 0 aliphatic carbocycles. The number of rotatable bonds is 7. The van der Waals surface area contributed by atoms with Crippen LogP contribution in [0.4, 0.5) is 5.13 Å². The Morgan fingerprint density at radius 3 is 2.50 bits per heavy atom. The molecule has 3 aromatic rings. The van der Waals surface area contributed by atoms with Crippen LogP contribution in [0.2, 0.25) is 0 Å². The van der Waals surface area contributed by atoms with Gasteiger partial charge in [0.05, 0.1) is 16.3 Å². The fourth-order valence-electron chi connectivity index (χ4n) is 2.94. The third kappa shape index (κ3) is 4.07. The van der Waals surface area contributed by atoms with Gasteiger partial charge in [0.2, 0.25) is 0 Å². The molecule has 0 atom stereocenters. The molecule has 0 saturated carbocycles. The maximum atomic E-state index is 9.84. The van der Waals surface area contributed by atoms with E-state index in [0.717, 1.165) is 45.9 Å². The molecule has 0 bridgehead atoms. The first-order valence-corrected chi connectivity index (χ1v) is 9.73. The highest BCUT2D eigenvalue weighted by Crippen LogP contribution is 2.33. The first-order chi connectivity index (χ1) is 13.4. The minimum atomic E-state index is -0.0639. The van der Waals surface area contributed by atoms with Crippen LogP contribution in [0.25, 0.3) is 21.8 Å². The van der Waals surface area contributed by atoms with Crippen LogP contribution in [0.1, 0.15) is 30.3 Å². The van der Waals surface area contributed by atoms with E-state index in [2.05, 4.69) is 27.2 Å². The zero-order chi connectivity index (χ0) is 20.3. The summed E-state index contributed by atoms with van der Waals surface area (Å²) in [6.07, 6.45) is 3.69. The average molecular weight is 395 g/mol. The van der Waals surface area contributed by atoms with E-state index >= 15 is 0 Å². The van der Waals surface area contributed by atoms with Gasteiger partial charge in [0.15, 0.2) is 11.0 Å². The molecule has 7 nitrogen and oxygen atoms in total. The van der Waals surface area contributed by atoms with Crippen molar-refractivity contribution in [1.29, 1.82) is 10.8 Å². The zero-order valence-corrected chi connectivity index (χ0v) is 16.8. The number of nitrogens with one attached hydrogen (secondary N) is 3. The molecule has 1 aromatic carbocycles. The van der Waals surface area contributed by atoms with Crippen molar-refractivity contribution in [1.82, 2.24) is 15.0 Å². The minimum Gasteiger partial charge on any atom is -0.508 e. The summed E-state index contributed by atoms with van der Waals surface area (Å²) in [5.41, 5.74) is 3.88. The lowest BCUT2D eigenvalue weighted by atomic mass is 9.98. The van der Waals surface area contributed by atoms with E-state index in [-0.39, 0.29) is 17.3 Å². The van der Waals surface area contributed by atoms with E-state index in [1.165, 1.54) is 11.3 Å². The summed E-state index contributed by atoms with van der Waals surface area (Å²) in [7, 11) is 0. The lowest BCUT2D eigenvalue weighted by Crippen LogP contribution is -2.08. The Balaban J connectivity index is 2.14. The molecular weight excluding hydrogens is 372 g/mol. The van der Waals surface area contributed by atoms with Crippen molar-refractivity contribution in [2.24, 2.45) is 0 Å². The number of aryl methyl sites for hydroxylation is 2. The summed E-state index contributed by atoms with van der Waals surface area (Å²) >= 11 is 1.49. The van der Waals surface area contributed by atoms with Crippen molar-refractivity contribution < 1.29 is 5.11 Å². The molecule has 2 heterocycles. The molecular formula is C20H22N6OS. The highest BCUT2D eigenvalue weighted by atomic mass is 32.1. The Morgan fingerprint density at radius 2 is 1.86 bits per heavy atom. The second-order valence-corrected chi connectivity index (χ2v) is 7.46. The third-order valence-electron chi connectivity index (χ3n) is 4.17. The molecule has 8 heteroatoms. The van der Waals surface area contributed by atoms with Gasteiger partial charge in [0.25, 0.3) is 0 Å². The summed E-state index contributed by atoms with van der Waals surface area (Å²) in [6, 6.07) is 5.24. The quantitative estimate of drug-likeness (QED) is 0.442. The summed E-state index contributed by atoms with van der Waals surface area (Å²) in [5.74, 6) is 0.389. The van der Waals surface area contributed by atoms with Crippen LogP contribution >= 0.6 is 11.3 Å². The normalized spacial score (nSPS) is 10.7. The molecule has 2 aromatic heterocycles. The van der Waals surface area contributed by atoms with E-state index in [1.807, 2.05) is 19.9 Å². The molecule has 4 N–H and O–H groups in total. The smallest absolute Gasteiger partial charge is 0.183 e. The number of hydrogen-bond donors (Lipinski definition) is 4. The molecule has 0 unspecified atom stereocenters. The summed E-state index contributed by atoms with van der Waals surface area (Å²) in [5, 5.41) is 29.3. The van der Waals surface area contributed by atoms with Crippen LogP contribution in [0, 0.1) is 24.7 Å². The number of phenols is 1.